The molecule has 2 unspecified atom stereocenters. The van der Waals surface area contributed by atoms with Gasteiger partial charge in [0, 0.05) is 19.6 Å². The minimum Gasteiger partial charge on any atom is -0.457 e. The van der Waals surface area contributed by atoms with Crippen molar-refractivity contribution in [3.8, 4) is 0 Å². The van der Waals surface area contributed by atoms with E-state index in [1.165, 1.54) is 77.0 Å². The minimum atomic E-state index is -4.26. The topological polar surface area (TPSA) is 117 Å². The number of esters is 1. The molecule has 0 aliphatic heterocycles. The standard InChI is InChI=1S/C31H62NO7P/c1-3-5-7-9-11-13-14-15-16-18-20-22-24-31(33)39-30(29-38-40(34,35)37-27-25-32)28-36-26-23-21-19-17-12-10-8-6-4-2/h11,13,30H,3-10,12,14-29,32H2,1-2H3,(H,34,35)/b13-11-. The summed E-state index contributed by atoms with van der Waals surface area (Å²) in [6, 6.07) is 0. The largest absolute Gasteiger partial charge is 0.472 e. The van der Waals surface area contributed by atoms with E-state index < -0.39 is 13.9 Å². The van der Waals surface area contributed by atoms with Crippen LogP contribution >= 0.6 is 7.82 Å². The highest BCUT2D eigenvalue weighted by molar-refractivity contribution is 7.47. The maximum atomic E-state index is 12.4. The molecule has 8 nitrogen and oxygen atoms in total. The predicted octanol–water partition coefficient (Wildman–Crippen LogP) is 8.41. The molecule has 0 radical (unpaired) electrons. The summed E-state index contributed by atoms with van der Waals surface area (Å²) in [6.45, 7) is 4.86. The molecule has 2 atom stereocenters. The Kier molecular flexibility index (Phi) is 29.2. The molecule has 0 fully saturated rings. The van der Waals surface area contributed by atoms with Crippen LogP contribution in [0.4, 0.5) is 0 Å². The zero-order valence-electron chi connectivity index (χ0n) is 25.8. The maximum Gasteiger partial charge on any atom is 0.472 e. The van der Waals surface area contributed by atoms with Gasteiger partial charge in [0.1, 0.15) is 6.10 Å². The first kappa shape index (κ1) is 39.2. The first-order chi connectivity index (χ1) is 19.4. The van der Waals surface area contributed by atoms with Gasteiger partial charge in [0.25, 0.3) is 0 Å². The minimum absolute atomic E-state index is 0.0947. The Morgan fingerprint density at radius 3 is 1.88 bits per heavy atom. The molecule has 0 spiro atoms. The fourth-order valence-corrected chi connectivity index (χ4v) is 5.05. The first-order valence-electron chi connectivity index (χ1n) is 16.2. The molecule has 0 aromatic rings. The molecular formula is C31H62NO7P. The molecule has 0 bridgehead atoms. The van der Waals surface area contributed by atoms with Gasteiger partial charge in [0.05, 0.1) is 19.8 Å². The molecule has 0 saturated carbocycles. The van der Waals surface area contributed by atoms with Gasteiger partial charge in [-0.15, -0.1) is 0 Å². The number of phosphoric ester groups is 1. The van der Waals surface area contributed by atoms with Gasteiger partial charge >= 0.3 is 13.8 Å². The highest BCUT2D eigenvalue weighted by Gasteiger charge is 2.25. The summed E-state index contributed by atoms with van der Waals surface area (Å²) in [5.41, 5.74) is 5.32. The Bertz CT molecular complexity index is 633. The smallest absolute Gasteiger partial charge is 0.457 e. The molecular weight excluding hydrogens is 529 g/mol. The molecule has 0 aromatic heterocycles. The molecule has 0 rings (SSSR count). The summed E-state index contributed by atoms with van der Waals surface area (Å²) >= 11 is 0. The lowest BCUT2D eigenvalue weighted by atomic mass is 10.1. The number of rotatable bonds is 31. The fourth-order valence-electron chi connectivity index (χ4n) is 4.28. The molecule has 40 heavy (non-hydrogen) atoms. The average molecular weight is 592 g/mol. The van der Waals surface area contributed by atoms with Crippen LogP contribution in [0.1, 0.15) is 142 Å². The van der Waals surface area contributed by atoms with E-state index in [4.69, 9.17) is 24.3 Å². The van der Waals surface area contributed by atoms with Gasteiger partial charge in [0.15, 0.2) is 0 Å². The van der Waals surface area contributed by atoms with Crippen molar-refractivity contribution in [2.45, 2.75) is 148 Å². The van der Waals surface area contributed by atoms with E-state index >= 15 is 0 Å². The van der Waals surface area contributed by atoms with Gasteiger partial charge in [-0.3, -0.25) is 13.8 Å². The van der Waals surface area contributed by atoms with Crippen molar-refractivity contribution in [1.82, 2.24) is 0 Å². The quantitative estimate of drug-likeness (QED) is 0.0357. The van der Waals surface area contributed by atoms with Crippen molar-refractivity contribution in [3.63, 3.8) is 0 Å². The van der Waals surface area contributed by atoms with Crippen molar-refractivity contribution >= 4 is 13.8 Å². The molecule has 0 aliphatic rings. The second kappa shape index (κ2) is 29.7. The number of carbonyl (C=O) groups is 1. The molecule has 0 saturated heterocycles. The highest BCUT2D eigenvalue weighted by Crippen LogP contribution is 2.43. The number of carbonyl (C=O) groups excluding carboxylic acids is 1. The summed E-state index contributed by atoms with van der Waals surface area (Å²) in [6.07, 6.45) is 26.5. The number of ether oxygens (including phenoxy) is 2. The number of unbranched alkanes of at least 4 members (excludes halogenated alkanes) is 16. The number of nitrogens with two attached hydrogens (primary N) is 1. The second-order valence-electron chi connectivity index (χ2n) is 10.7. The van der Waals surface area contributed by atoms with Crippen molar-refractivity contribution in [1.29, 1.82) is 0 Å². The van der Waals surface area contributed by atoms with Crippen molar-refractivity contribution in [2.75, 3.05) is 33.0 Å². The van der Waals surface area contributed by atoms with Gasteiger partial charge in [-0.2, -0.15) is 0 Å². The Morgan fingerprint density at radius 1 is 0.725 bits per heavy atom. The third-order valence-corrected chi connectivity index (χ3v) is 7.67. The van der Waals surface area contributed by atoms with Crippen LogP contribution in [0.15, 0.2) is 12.2 Å². The summed E-state index contributed by atoms with van der Waals surface area (Å²) in [5.74, 6) is -0.342. The van der Waals surface area contributed by atoms with E-state index in [1.54, 1.807) is 0 Å². The molecule has 0 amide bonds. The van der Waals surface area contributed by atoms with Crippen LogP contribution < -0.4 is 5.73 Å². The third kappa shape index (κ3) is 28.8. The maximum absolute atomic E-state index is 12.4. The molecule has 238 valence electrons. The van der Waals surface area contributed by atoms with Crippen LogP contribution in [0.25, 0.3) is 0 Å². The third-order valence-electron chi connectivity index (χ3n) is 6.68. The SMILES string of the molecule is CCCCC/C=C\CCCCCCCC(=O)OC(COCCCCCCCCCCC)COP(=O)(O)OCCN. The number of hydrogen-bond donors (Lipinski definition) is 2. The van der Waals surface area contributed by atoms with Crippen LogP contribution in [0.5, 0.6) is 0 Å². The average Bonchev–Trinajstić information content (AvgIpc) is 2.94. The van der Waals surface area contributed by atoms with Gasteiger partial charge in [-0.1, -0.05) is 109 Å². The summed E-state index contributed by atoms with van der Waals surface area (Å²) < 4.78 is 33.1. The van der Waals surface area contributed by atoms with Gasteiger partial charge in [-0.25, -0.2) is 4.57 Å². The predicted molar refractivity (Wildman–Crippen MR) is 164 cm³/mol. The number of hydrogen-bond acceptors (Lipinski definition) is 7. The highest BCUT2D eigenvalue weighted by atomic mass is 31.2. The Morgan fingerprint density at radius 2 is 1.25 bits per heavy atom. The van der Waals surface area contributed by atoms with Gasteiger partial charge in [-0.05, 0) is 38.5 Å². The molecule has 0 heterocycles. The Balaban J connectivity index is 4.17. The van der Waals surface area contributed by atoms with Crippen LogP contribution in [0.3, 0.4) is 0 Å². The molecule has 0 aliphatic carbocycles. The molecule has 0 aromatic carbocycles. The monoisotopic (exact) mass is 591 g/mol. The van der Waals surface area contributed by atoms with Crippen molar-refractivity contribution in [2.24, 2.45) is 5.73 Å². The molecule has 3 N–H and O–H groups in total. The van der Waals surface area contributed by atoms with E-state index in [0.29, 0.717) is 13.0 Å². The first-order valence-corrected chi connectivity index (χ1v) is 17.7. The van der Waals surface area contributed by atoms with Crippen molar-refractivity contribution < 1.29 is 32.8 Å². The Labute approximate surface area is 245 Å². The van der Waals surface area contributed by atoms with Gasteiger partial charge < -0.3 is 20.1 Å². The van der Waals surface area contributed by atoms with E-state index in [0.717, 1.165) is 44.9 Å². The summed E-state index contributed by atoms with van der Waals surface area (Å²) in [4.78, 5) is 22.2. The normalized spacial score (nSPS) is 14.0. The number of allylic oxidation sites excluding steroid dienone is 2. The van der Waals surface area contributed by atoms with E-state index in [-0.39, 0.29) is 32.3 Å². The molecule has 9 heteroatoms. The second-order valence-corrected chi connectivity index (χ2v) is 12.1. The van der Waals surface area contributed by atoms with Crippen LogP contribution in [-0.2, 0) is 27.9 Å². The van der Waals surface area contributed by atoms with Crippen LogP contribution in [0, 0.1) is 0 Å². The number of phosphoric acid groups is 1. The fraction of sp³-hybridized carbons (Fsp3) is 0.903. The lowest BCUT2D eigenvalue weighted by Crippen LogP contribution is -2.28. The lowest BCUT2D eigenvalue weighted by Gasteiger charge is -2.20. The summed E-state index contributed by atoms with van der Waals surface area (Å²) in [5, 5.41) is 0. The van der Waals surface area contributed by atoms with Gasteiger partial charge in [0.2, 0.25) is 0 Å². The summed E-state index contributed by atoms with van der Waals surface area (Å²) in [7, 11) is -4.26. The lowest BCUT2D eigenvalue weighted by molar-refractivity contribution is -0.154. The van der Waals surface area contributed by atoms with E-state index in [1.807, 2.05) is 0 Å². The van der Waals surface area contributed by atoms with E-state index in [2.05, 4.69) is 26.0 Å². The zero-order valence-corrected chi connectivity index (χ0v) is 26.7. The van der Waals surface area contributed by atoms with Crippen LogP contribution in [-0.4, -0.2) is 49.9 Å². The zero-order chi connectivity index (χ0) is 29.6. The van der Waals surface area contributed by atoms with Crippen LogP contribution in [0.2, 0.25) is 0 Å². The van der Waals surface area contributed by atoms with E-state index in [9.17, 15) is 14.3 Å². The Hall–Kier alpha value is -0.760. The van der Waals surface area contributed by atoms with Crippen molar-refractivity contribution in [3.05, 3.63) is 12.2 Å².